The fourth-order valence-electron chi connectivity index (χ4n) is 2.60. The minimum atomic E-state index is -4.24. The van der Waals surface area contributed by atoms with Gasteiger partial charge in [0.25, 0.3) is 10.1 Å². The van der Waals surface area contributed by atoms with Gasteiger partial charge in [0.05, 0.1) is 5.69 Å². The van der Waals surface area contributed by atoms with E-state index in [2.05, 4.69) is 6.07 Å². The van der Waals surface area contributed by atoms with E-state index in [1.165, 1.54) is 11.8 Å². The van der Waals surface area contributed by atoms with Crippen molar-refractivity contribution in [2.45, 2.75) is 34.4 Å². The van der Waals surface area contributed by atoms with Crippen molar-refractivity contribution in [3.63, 3.8) is 0 Å². The lowest BCUT2D eigenvalue weighted by molar-refractivity contribution is 0.453. The molecule has 1 heterocycles. The summed E-state index contributed by atoms with van der Waals surface area (Å²) in [6, 6.07) is 9.46. The van der Waals surface area contributed by atoms with Gasteiger partial charge in [0.1, 0.15) is 6.07 Å². The van der Waals surface area contributed by atoms with E-state index >= 15 is 0 Å². The number of nitrogens with zero attached hydrogens (tertiary/aromatic N) is 2. The molecular formula is C12H12N2O3S2. The molecule has 19 heavy (non-hydrogen) atoms. The first-order chi connectivity index (χ1) is 8.84. The minimum Gasteiger partial charge on any atom is -0.322 e. The normalized spacial score (nSPS) is 27.7. The number of thioether (sulfide) groups is 1. The van der Waals surface area contributed by atoms with Crippen molar-refractivity contribution in [1.29, 1.82) is 5.26 Å². The third kappa shape index (κ3) is 1.60. The quantitative estimate of drug-likeness (QED) is 0.843. The molecule has 1 N–H and O–H groups in total. The third-order valence-electron chi connectivity index (χ3n) is 3.61. The van der Waals surface area contributed by atoms with Crippen LogP contribution in [-0.2, 0) is 10.1 Å². The molecule has 0 saturated heterocycles. The van der Waals surface area contributed by atoms with E-state index in [0.717, 1.165) is 4.90 Å². The average molecular weight is 296 g/mol. The van der Waals surface area contributed by atoms with E-state index in [1.54, 1.807) is 24.0 Å². The van der Waals surface area contributed by atoms with Gasteiger partial charge in [0.2, 0.25) is 0 Å². The van der Waals surface area contributed by atoms with Gasteiger partial charge in [-0.2, -0.15) is 13.7 Å². The standard InChI is InChI=1S/C12H12N2O3S2/c1-11(8-13)14(12(6-7-12)19(15,16)17)9-4-2-3-5-10(9)18-11/h2-5H,6-7H2,1H3,(H,15,16,17). The van der Waals surface area contributed by atoms with E-state index < -0.39 is 19.9 Å². The van der Waals surface area contributed by atoms with E-state index in [1.807, 2.05) is 12.1 Å². The van der Waals surface area contributed by atoms with Crippen molar-refractivity contribution < 1.29 is 13.0 Å². The molecule has 100 valence electrons. The van der Waals surface area contributed by atoms with Crippen molar-refractivity contribution in [3.8, 4) is 6.07 Å². The molecule has 1 aliphatic carbocycles. The summed E-state index contributed by atoms with van der Waals surface area (Å²) < 4.78 is 33.0. The lowest BCUT2D eigenvalue weighted by Gasteiger charge is -2.36. The summed E-state index contributed by atoms with van der Waals surface area (Å²) in [7, 11) is -4.24. The summed E-state index contributed by atoms with van der Waals surface area (Å²) in [4.78, 5) is 0.0732. The maximum Gasteiger partial charge on any atom is 0.289 e. The Morgan fingerprint density at radius 2 is 2.05 bits per heavy atom. The Morgan fingerprint density at radius 3 is 2.58 bits per heavy atom. The summed E-state index contributed by atoms with van der Waals surface area (Å²) >= 11 is 1.32. The SMILES string of the molecule is CC1(C#N)Sc2ccccc2N1C1(S(=O)(=O)O)CC1. The average Bonchev–Trinajstić information content (AvgIpc) is 3.07. The van der Waals surface area contributed by atoms with Crippen LogP contribution in [0.15, 0.2) is 29.2 Å². The minimum absolute atomic E-state index is 0.345. The number of fused-ring (bicyclic) bond motifs is 1. The molecule has 1 unspecified atom stereocenters. The first-order valence-corrected chi connectivity index (χ1v) is 8.06. The van der Waals surface area contributed by atoms with Crippen molar-refractivity contribution in [1.82, 2.24) is 0 Å². The topological polar surface area (TPSA) is 81.4 Å². The molecule has 1 aromatic carbocycles. The first kappa shape index (κ1) is 12.8. The summed E-state index contributed by atoms with van der Waals surface area (Å²) in [6.07, 6.45) is 0.690. The van der Waals surface area contributed by atoms with Gasteiger partial charge in [0.15, 0.2) is 9.74 Å². The molecule has 1 aromatic rings. The lowest BCUT2D eigenvalue weighted by Crippen LogP contribution is -2.52. The number of rotatable bonds is 2. The Balaban J connectivity index is 2.21. The molecule has 5 nitrogen and oxygen atoms in total. The van der Waals surface area contributed by atoms with Crippen LogP contribution in [0.1, 0.15) is 19.8 Å². The summed E-state index contributed by atoms with van der Waals surface area (Å²) in [5.41, 5.74) is 0.701. The fraction of sp³-hybridized carbons (Fsp3) is 0.417. The Bertz CT molecular complexity index is 691. The van der Waals surface area contributed by atoms with Crippen molar-refractivity contribution in [2.24, 2.45) is 0 Å². The molecule has 0 bridgehead atoms. The summed E-state index contributed by atoms with van der Waals surface area (Å²) in [6.45, 7) is 1.68. The van der Waals surface area contributed by atoms with Gasteiger partial charge in [-0.25, -0.2) is 0 Å². The molecule has 1 saturated carbocycles. The molecular weight excluding hydrogens is 284 g/mol. The molecule has 1 atom stereocenters. The number of hydrogen-bond acceptors (Lipinski definition) is 5. The Kier molecular flexibility index (Phi) is 2.46. The van der Waals surface area contributed by atoms with Gasteiger partial charge in [-0.1, -0.05) is 23.9 Å². The second-order valence-electron chi connectivity index (χ2n) is 4.92. The molecule has 0 amide bonds. The predicted octanol–water partition coefficient (Wildman–Crippen LogP) is 2.22. The second kappa shape index (κ2) is 3.66. The number of nitriles is 1. The molecule has 2 aliphatic rings. The zero-order chi connectivity index (χ0) is 13.9. The second-order valence-corrected chi connectivity index (χ2v) is 8.07. The zero-order valence-corrected chi connectivity index (χ0v) is 11.8. The van der Waals surface area contributed by atoms with Crippen LogP contribution >= 0.6 is 11.8 Å². The predicted molar refractivity (Wildman–Crippen MR) is 72.3 cm³/mol. The Labute approximate surface area is 116 Å². The highest BCUT2D eigenvalue weighted by atomic mass is 32.2. The molecule has 0 spiro atoms. The van der Waals surface area contributed by atoms with Crippen molar-refractivity contribution in [3.05, 3.63) is 24.3 Å². The molecule has 0 radical (unpaired) electrons. The van der Waals surface area contributed by atoms with Gasteiger partial charge >= 0.3 is 0 Å². The number of anilines is 1. The zero-order valence-electron chi connectivity index (χ0n) is 10.2. The third-order valence-corrected chi connectivity index (χ3v) is 6.40. The monoisotopic (exact) mass is 296 g/mol. The largest absolute Gasteiger partial charge is 0.322 e. The van der Waals surface area contributed by atoms with Gasteiger partial charge in [-0.3, -0.25) is 4.55 Å². The van der Waals surface area contributed by atoms with Gasteiger partial charge in [-0.15, -0.1) is 0 Å². The number of para-hydroxylation sites is 1. The highest BCUT2D eigenvalue weighted by molar-refractivity contribution is 8.01. The number of hydrogen-bond donors (Lipinski definition) is 1. The highest BCUT2D eigenvalue weighted by Gasteiger charge is 2.65. The van der Waals surface area contributed by atoms with E-state index in [0.29, 0.717) is 18.5 Å². The Morgan fingerprint density at radius 1 is 1.42 bits per heavy atom. The molecule has 3 rings (SSSR count). The molecule has 7 heteroatoms. The van der Waals surface area contributed by atoms with Crippen LogP contribution in [0.5, 0.6) is 0 Å². The van der Waals surface area contributed by atoms with Gasteiger partial charge in [-0.05, 0) is 31.9 Å². The van der Waals surface area contributed by atoms with E-state index in [4.69, 9.17) is 0 Å². The van der Waals surface area contributed by atoms with Crippen molar-refractivity contribution in [2.75, 3.05) is 4.90 Å². The van der Waals surface area contributed by atoms with E-state index in [9.17, 15) is 18.2 Å². The number of benzene rings is 1. The van der Waals surface area contributed by atoms with E-state index in [-0.39, 0.29) is 0 Å². The highest BCUT2D eigenvalue weighted by Crippen LogP contribution is 2.60. The van der Waals surface area contributed by atoms with Crippen LogP contribution in [-0.4, -0.2) is 22.7 Å². The van der Waals surface area contributed by atoms with Crippen LogP contribution in [0, 0.1) is 11.3 Å². The smallest absolute Gasteiger partial charge is 0.289 e. The Hall–Kier alpha value is -1.23. The lowest BCUT2D eigenvalue weighted by atomic mass is 10.2. The van der Waals surface area contributed by atoms with Crippen LogP contribution in [0.3, 0.4) is 0 Å². The molecule has 1 fully saturated rings. The summed E-state index contributed by atoms with van der Waals surface area (Å²) in [5, 5.41) is 9.44. The molecule has 1 aliphatic heterocycles. The van der Waals surface area contributed by atoms with Gasteiger partial charge < -0.3 is 4.90 Å². The van der Waals surface area contributed by atoms with Crippen LogP contribution < -0.4 is 4.90 Å². The van der Waals surface area contributed by atoms with Crippen molar-refractivity contribution >= 4 is 27.6 Å². The van der Waals surface area contributed by atoms with Crippen LogP contribution in [0.4, 0.5) is 5.69 Å². The maximum atomic E-state index is 11.7. The van der Waals surface area contributed by atoms with Crippen LogP contribution in [0.2, 0.25) is 0 Å². The maximum absolute atomic E-state index is 11.7. The van der Waals surface area contributed by atoms with Gasteiger partial charge in [0, 0.05) is 4.90 Å². The first-order valence-electron chi connectivity index (χ1n) is 5.81. The molecule has 0 aromatic heterocycles. The van der Waals surface area contributed by atoms with Crippen LogP contribution in [0.25, 0.3) is 0 Å². The summed E-state index contributed by atoms with van der Waals surface area (Å²) in [5.74, 6) is 0. The fourth-order valence-corrected chi connectivity index (χ4v) is 5.04.